The van der Waals surface area contributed by atoms with Crippen LogP contribution in [0.25, 0.3) is 0 Å². The van der Waals surface area contributed by atoms with E-state index in [-0.39, 0.29) is 12.0 Å². The molecule has 144 valence electrons. The van der Waals surface area contributed by atoms with Gasteiger partial charge in [-0.15, -0.1) is 0 Å². The van der Waals surface area contributed by atoms with Gasteiger partial charge in [-0.2, -0.15) is 0 Å². The fourth-order valence-electron chi connectivity index (χ4n) is 2.92. The molecule has 0 aromatic carbocycles. The monoisotopic (exact) mass is 344 g/mol. The number of aliphatic hydroxyl groups is 1. The van der Waals surface area contributed by atoms with Crippen LogP contribution in [0.4, 0.5) is 0 Å². The van der Waals surface area contributed by atoms with E-state index >= 15 is 0 Å². The lowest BCUT2D eigenvalue weighted by molar-refractivity contribution is -0.152. The van der Waals surface area contributed by atoms with Crippen molar-refractivity contribution in [3.8, 4) is 0 Å². The van der Waals surface area contributed by atoms with E-state index in [1.54, 1.807) is 0 Å². The lowest BCUT2D eigenvalue weighted by Crippen LogP contribution is -2.46. The van der Waals surface area contributed by atoms with Crippen LogP contribution >= 0.6 is 0 Å². The Balaban J connectivity index is 0.000000300. The summed E-state index contributed by atoms with van der Waals surface area (Å²) in [5.41, 5.74) is 0.489. The molecule has 2 rings (SSSR count). The lowest BCUT2D eigenvalue weighted by Gasteiger charge is -2.40. The summed E-state index contributed by atoms with van der Waals surface area (Å²) in [7, 11) is 0. The highest BCUT2D eigenvalue weighted by Gasteiger charge is 2.37. The number of unbranched alkanes of at least 4 members (excludes halogenated alkanes) is 1. The maximum Gasteiger partial charge on any atom is 0.0566 e. The Labute approximate surface area is 149 Å². The molecule has 0 amide bonds. The summed E-state index contributed by atoms with van der Waals surface area (Å²) >= 11 is 0. The van der Waals surface area contributed by atoms with Crippen LogP contribution in [0.1, 0.15) is 66.2 Å². The van der Waals surface area contributed by atoms with Gasteiger partial charge in [0.25, 0.3) is 0 Å². The molecule has 4 heteroatoms. The van der Waals surface area contributed by atoms with Crippen molar-refractivity contribution in [3.63, 3.8) is 0 Å². The number of ether oxygens (including phenoxy) is 3. The SMILES string of the molecule is CCC1(CO)COC1.CCCCC(CC)COCC1(CC)COC1. The number of hydrogen-bond donors (Lipinski definition) is 1. The van der Waals surface area contributed by atoms with E-state index in [0.717, 1.165) is 52.0 Å². The molecule has 0 radical (unpaired) electrons. The van der Waals surface area contributed by atoms with Crippen LogP contribution in [0.2, 0.25) is 0 Å². The van der Waals surface area contributed by atoms with Crippen LogP contribution in [0.5, 0.6) is 0 Å². The van der Waals surface area contributed by atoms with E-state index in [0.29, 0.717) is 5.41 Å². The van der Waals surface area contributed by atoms with Crippen LogP contribution in [0.3, 0.4) is 0 Å². The molecule has 0 aromatic rings. The molecule has 1 atom stereocenters. The molecule has 2 aliphatic rings. The first kappa shape index (κ1) is 21.9. The summed E-state index contributed by atoms with van der Waals surface area (Å²) in [6.45, 7) is 14.3. The third-order valence-corrected chi connectivity index (χ3v) is 5.77. The van der Waals surface area contributed by atoms with E-state index in [4.69, 9.17) is 19.3 Å². The number of hydrogen-bond acceptors (Lipinski definition) is 4. The molecule has 2 aliphatic heterocycles. The van der Waals surface area contributed by atoms with Crippen LogP contribution in [0.15, 0.2) is 0 Å². The largest absolute Gasteiger partial charge is 0.396 e. The Kier molecular flexibility index (Phi) is 10.4. The second kappa shape index (κ2) is 11.5. The second-order valence-electron chi connectivity index (χ2n) is 7.78. The standard InChI is InChI=1S/C14H28O2.C6H12O2/c1-4-7-8-13(5-2)9-15-10-14(6-3)11-16-12-14;1-2-6(3-7)4-8-5-6/h13H,4-12H2,1-3H3;7H,2-5H2,1H3. The highest BCUT2D eigenvalue weighted by molar-refractivity contribution is 4.84. The predicted octanol–water partition coefficient (Wildman–Crippen LogP) is 4.05. The fraction of sp³-hybridized carbons (Fsp3) is 1.00. The molecule has 1 N–H and O–H groups in total. The molecule has 0 saturated carbocycles. The van der Waals surface area contributed by atoms with Gasteiger partial charge < -0.3 is 19.3 Å². The van der Waals surface area contributed by atoms with Crippen molar-refractivity contribution in [1.82, 2.24) is 0 Å². The third-order valence-electron chi connectivity index (χ3n) is 5.77. The van der Waals surface area contributed by atoms with Gasteiger partial charge in [0.05, 0.1) is 39.6 Å². The van der Waals surface area contributed by atoms with Crippen molar-refractivity contribution in [3.05, 3.63) is 0 Å². The predicted molar refractivity (Wildman–Crippen MR) is 98.3 cm³/mol. The second-order valence-corrected chi connectivity index (χ2v) is 7.78. The van der Waals surface area contributed by atoms with Gasteiger partial charge >= 0.3 is 0 Å². The molecule has 2 saturated heterocycles. The smallest absolute Gasteiger partial charge is 0.0566 e. The minimum atomic E-state index is 0.139. The van der Waals surface area contributed by atoms with Gasteiger partial charge in [0.15, 0.2) is 0 Å². The molecule has 0 bridgehead atoms. The van der Waals surface area contributed by atoms with Crippen molar-refractivity contribution in [2.75, 3.05) is 46.2 Å². The van der Waals surface area contributed by atoms with E-state index in [9.17, 15) is 0 Å². The lowest BCUT2D eigenvalue weighted by atomic mass is 9.84. The Morgan fingerprint density at radius 1 is 0.958 bits per heavy atom. The highest BCUT2D eigenvalue weighted by atomic mass is 16.5. The van der Waals surface area contributed by atoms with Gasteiger partial charge in [-0.1, -0.05) is 47.0 Å². The summed E-state index contributed by atoms with van der Waals surface area (Å²) in [6.07, 6.45) is 7.41. The van der Waals surface area contributed by atoms with Gasteiger partial charge in [-0.05, 0) is 25.2 Å². The number of aliphatic hydroxyl groups excluding tert-OH is 1. The molecule has 0 aliphatic carbocycles. The minimum absolute atomic E-state index is 0.139. The Bertz CT molecular complexity index is 292. The minimum Gasteiger partial charge on any atom is -0.396 e. The van der Waals surface area contributed by atoms with Crippen LogP contribution in [-0.4, -0.2) is 51.4 Å². The van der Waals surface area contributed by atoms with Crippen molar-refractivity contribution >= 4 is 0 Å². The Hall–Kier alpha value is -0.160. The topological polar surface area (TPSA) is 47.9 Å². The van der Waals surface area contributed by atoms with Gasteiger partial charge in [-0.3, -0.25) is 0 Å². The maximum absolute atomic E-state index is 8.76. The van der Waals surface area contributed by atoms with Crippen LogP contribution in [-0.2, 0) is 14.2 Å². The zero-order chi connectivity index (χ0) is 17.9. The van der Waals surface area contributed by atoms with Gasteiger partial charge in [0.2, 0.25) is 0 Å². The zero-order valence-electron chi connectivity index (χ0n) is 16.4. The van der Waals surface area contributed by atoms with E-state index in [1.807, 2.05) is 0 Å². The fourth-order valence-corrected chi connectivity index (χ4v) is 2.92. The van der Waals surface area contributed by atoms with Gasteiger partial charge in [0, 0.05) is 17.4 Å². The van der Waals surface area contributed by atoms with E-state index in [1.165, 1.54) is 32.1 Å². The van der Waals surface area contributed by atoms with Crippen molar-refractivity contribution in [2.45, 2.75) is 66.2 Å². The molecule has 1 unspecified atom stereocenters. The normalized spacial score (nSPS) is 21.9. The summed E-state index contributed by atoms with van der Waals surface area (Å²) in [6, 6.07) is 0. The molecule has 24 heavy (non-hydrogen) atoms. The van der Waals surface area contributed by atoms with Crippen LogP contribution in [0, 0.1) is 16.7 Å². The average Bonchev–Trinajstić information content (AvgIpc) is 2.54. The van der Waals surface area contributed by atoms with E-state index < -0.39 is 0 Å². The molecule has 4 nitrogen and oxygen atoms in total. The van der Waals surface area contributed by atoms with Gasteiger partial charge in [-0.25, -0.2) is 0 Å². The number of rotatable bonds is 11. The maximum atomic E-state index is 8.76. The molecular formula is C20H40O4. The first-order valence-electron chi connectivity index (χ1n) is 9.93. The third kappa shape index (κ3) is 6.62. The zero-order valence-corrected chi connectivity index (χ0v) is 16.4. The van der Waals surface area contributed by atoms with Gasteiger partial charge in [0.1, 0.15) is 0 Å². The molecular weight excluding hydrogens is 304 g/mol. The summed E-state index contributed by atoms with van der Waals surface area (Å²) in [5, 5.41) is 8.76. The Morgan fingerprint density at radius 3 is 1.83 bits per heavy atom. The van der Waals surface area contributed by atoms with E-state index in [2.05, 4.69) is 27.7 Å². The summed E-state index contributed by atoms with van der Waals surface area (Å²) < 4.78 is 16.2. The highest BCUT2D eigenvalue weighted by Crippen LogP contribution is 2.31. The average molecular weight is 345 g/mol. The molecule has 2 fully saturated rings. The summed E-state index contributed by atoms with van der Waals surface area (Å²) in [5.74, 6) is 0.759. The van der Waals surface area contributed by atoms with Crippen molar-refractivity contribution in [1.29, 1.82) is 0 Å². The first-order chi connectivity index (χ1) is 11.6. The molecule has 2 heterocycles. The Morgan fingerprint density at radius 2 is 1.54 bits per heavy atom. The van der Waals surface area contributed by atoms with Crippen LogP contribution < -0.4 is 0 Å². The molecule has 0 aromatic heterocycles. The van der Waals surface area contributed by atoms with Crippen molar-refractivity contribution < 1.29 is 19.3 Å². The first-order valence-corrected chi connectivity index (χ1v) is 9.93. The summed E-state index contributed by atoms with van der Waals surface area (Å²) in [4.78, 5) is 0. The molecule has 0 spiro atoms. The quantitative estimate of drug-likeness (QED) is 0.614. The van der Waals surface area contributed by atoms with Crippen molar-refractivity contribution in [2.24, 2.45) is 16.7 Å².